The minimum atomic E-state index is 0.289. The minimum Gasteiger partial charge on any atom is -0.278 e. The van der Waals surface area contributed by atoms with Gasteiger partial charge in [0.25, 0.3) is 0 Å². The molecule has 0 aliphatic rings. The Morgan fingerprint density at radius 1 is 1.47 bits per heavy atom. The van der Waals surface area contributed by atoms with Gasteiger partial charge in [-0.3, -0.25) is 10.1 Å². The molecule has 6 nitrogen and oxygen atoms in total. The maximum atomic E-state index is 8.24. The van der Waals surface area contributed by atoms with E-state index in [0.717, 1.165) is 16.8 Å². The molecule has 1 N–H and O–H groups in total. The Balaban J connectivity index is 2.37. The van der Waals surface area contributed by atoms with Crippen LogP contribution in [-0.2, 0) is 6.54 Å². The number of aromatic nitrogens is 3. The number of rotatable bonds is 3. The van der Waals surface area contributed by atoms with Gasteiger partial charge in [0.1, 0.15) is 0 Å². The zero-order valence-corrected chi connectivity index (χ0v) is 7.83. The van der Waals surface area contributed by atoms with Crippen LogP contribution >= 0.6 is 0 Å². The number of hydrogen-bond acceptors (Lipinski definition) is 3. The molecule has 6 heteroatoms. The number of nitrogens with one attached hydrogen (secondary N) is 1. The van der Waals surface area contributed by atoms with Crippen molar-refractivity contribution >= 4 is 0 Å². The predicted molar refractivity (Wildman–Crippen MR) is 54.7 cm³/mol. The Morgan fingerprint density at radius 3 is 3.13 bits per heavy atom. The second kappa shape index (κ2) is 4.26. The highest BCUT2D eigenvalue weighted by atomic mass is 15.1. The molecule has 0 unspecified atom stereocenters. The Morgan fingerprint density at radius 2 is 2.40 bits per heavy atom. The average molecular weight is 200 g/mol. The molecule has 2 rings (SSSR count). The van der Waals surface area contributed by atoms with Crippen molar-refractivity contribution in [2.75, 3.05) is 0 Å². The zero-order valence-electron chi connectivity index (χ0n) is 7.83. The van der Waals surface area contributed by atoms with E-state index in [1.807, 2.05) is 12.1 Å². The lowest BCUT2D eigenvalue weighted by Gasteiger charge is -1.98. The van der Waals surface area contributed by atoms with Gasteiger partial charge >= 0.3 is 0 Å². The number of H-pyrrole nitrogens is 1. The topological polar surface area (TPSA) is 90.3 Å². The van der Waals surface area contributed by atoms with E-state index < -0.39 is 0 Å². The third kappa shape index (κ3) is 1.95. The lowest BCUT2D eigenvalue weighted by atomic mass is 10.1. The fourth-order valence-electron chi connectivity index (χ4n) is 1.30. The molecule has 0 bridgehead atoms. The van der Waals surface area contributed by atoms with Crippen LogP contribution in [0, 0.1) is 0 Å². The largest absolute Gasteiger partial charge is 0.278 e. The van der Waals surface area contributed by atoms with Crippen LogP contribution in [0.3, 0.4) is 0 Å². The zero-order chi connectivity index (χ0) is 10.5. The molecule has 0 amide bonds. The van der Waals surface area contributed by atoms with Crippen LogP contribution in [0.15, 0.2) is 35.8 Å². The molecule has 15 heavy (non-hydrogen) atoms. The smallest absolute Gasteiger partial charge is 0.0698 e. The molecule has 74 valence electrons. The van der Waals surface area contributed by atoms with Crippen LogP contribution in [0.1, 0.15) is 5.56 Å². The Labute approximate surface area is 85.6 Å². The van der Waals surface area contributed by atoms with E-state index in [1.54, 1.807) is 18.6 Å². The molecule has 0 fully saturated rings. The van der Waals surface area contributed by atoms with Gasteiger partial charge in [-0.15, -0.1) is 0 Å². The monoisotopic (exact) mass is 200 g/mol. The Bertz CT molecular complexity index is 482. The van der Waals surface area contributed by atoms with E-state index in [1.165, 1.54) is 0 Å². The molecule has 2 heterocycles. The van der Waals surface area contributed by atoms with Gasteiger partial charge in [-0.05, 0) is 17.7 Å². The van der Waals surface area contributed by atoms with Gasteiger partial charge in [0.05, 0.1) is 18.4 Å². The fraction of sp³-hybridized carbons (Fsp3) is 0.111. The fourth-order valence-corrected chi connectivity index (χ4v) is 1.30. The van der Waals surface area contributed by atoms with E-state index in [0.29, 0.717) is 0 Å². The number of nitrogens with zero attached hydrogens (tertiary/aromatic N) is 5. The lowest BCUT2D eigenvalue weighted by molar-refractivity contribution is 1.05. The van der Waals surface area contributed by atoms with Crippen molar-refractivity contribution in [3.05, 3.63) is 46.7 Å². The summed E-state index contributed by atoms with van der Waals surface area (Å²) in [5.41, 5.74) is 10.9. The Hall–Kier alpha value is -2.33. The molecule has 0 radical (unpaired) electrons. The molecule has 0 saturated heterocycles. The third-order valence-corrected chi connectivity index (χ3v) is 1.97. The molecule has 0 aromatic carbocycles. The molecule has 0 saturated carbocycles. The second-order valence-corrected chi connectivity index (χ2v) is 2.90. The van der Waals surface area contributed by atoms with Gasteiger partial charge in [0.15, 0.2) is 0 Å². The number of azide groups is 1. The molecule has 0 aliphatic carbocycles. The summed E-state index contributed by atoms with van der Waals surface area (Å²) < 4.78 is 0. The van der Waals surface area contributed by atoms with Crippen LogP contribution in [0.25, 0.3) is 21.7 Å². The summed E-state index contributed by atoms with van der Waals surface area (Å²) in [5.74, 6) is 0. The van der Waals surface area contributed by atoms with Gasteiger partial charge in [0, 0.05) is 28.4 Å². The summed E-state index contributed by atoms with van der Waals surface area (Å²) in [6.07, 6.45) is 5.08. The van der Waals surface area contributed by atoms with Crippen molar-refractivity contribution in [2.45, 2.75) is 6.54 Å². The SMILES string of the molecule is [N-]=[N+]=NCc1cn[nH]c1-c1cccnc1. The molecule has 2 aromatic heterocycles. The van der Waals surface area contributed by atoms with E-state index in [-0.39, 0.29) is 6.54 Å². The average Bonchev–Trinajstić information content (AvgIpc) is 2.75. The van der Waals surface area contributed by atoms with E-state index in [2.05, 4.69) is 25.2 Å². The quantitative estimate of drug-likeness (QED) is 0.467. The van der Waals surface area contributed by atoms with Crippen molar-refractivity contribution < 1.29 is 0 Å². The van der Waals surface area contributed by atoms with Crippen LogP contribution < -0.4 is 0 Å². The summed E-state index contributed by atoms with van der Waals surface area (Å²) in [6.45, 7) is 0.289. The van der Waals surface area contributed by atoms with Crippen molar-refractivity contribution in [1.29, 1.82) is 0 Å². The van der Waals surface area contributed by atoms with Crippen molar-refractivity contribution in [3.8, 4) is 11.3 Å². The minimum absolute atomic E-state index is 0.289. The lowest BCUT2D eigenvalue weighted by Crippen LogP contribution is -1.85. The number of aromatic amines is 1. The van der Waals surface area contributed by atoms with E-state index >= 15 is 0 Å². The summed E-state index contributed by atoms with van der Waals surface area (Å²) in [6, 6.07) is 3.76. The first-order valence-electron chi connectivity index (χ1n) is 4.35. The van der Waals surface area contributed by atoms with Gasteiger partial charge in [0.2, 0.25) is 0 Å². The van der Waals surface area contributed by atoms with Crippen LogP contribution in [0.4, 0.5) is 0 Å². The highest BCUT2D eigenvalue weighted by Gasteiger charge is 2.05. The van der Waals surface area contributed by atoms with Crippen LogP contribution in [-0.4, -0.2) is 15.2 Å². The predicted octanol–water partition coefficient (Wildman–Crippen LogP) is 2.28. The Kier molecular flexibility index (Phi) is 2.62. The first-order chi connectivity index (χ1) is 7.42. The molecular formula is C9H8N6. The van der Waals surface area contributed by atoms with Crippen molar-refractivity contribution in [2.24, 2.45) is 5.11 Å². The molecule has 0 atom stereocenters. The summed E-state index contributed by atoms with van der Waals surface area (Å²) in [7, 11) is 0. The third-order valence-electron chi connectivity index (χ3n) is 1.97. The maximum Gasteiger partial charge on any atom is 0.0698 e. The highest BCUT2D eigenvalue weighted by molar-refractivity contribution is 5.61. The van der Waals surface area contributed by atoms with Gasteiger partial charge in [-0.25, -0.2) is 0 Å². The highest BCUT2D eigenvalue weighted by Crippen LogP contribution is 2.20. The van der Waals surface area contributed by atoms with E-state index in [9.17, 15) is 0 Å². The van der Waals surface area contributed by atoms with Crippen LogP contribution in [0.2, 0.25) is 0 Å². The van der Waals surface area contributed by atoms with Crippen molar-refractivity contribution in [3.63, 3.8) is 0 Å². The second-order valence-electron chi connectivity index (χ2n) is 2.90. The standard InChI is InChI=1S/C9H8N6/c10-15-13-6-8-5-12-14-9(8)7-2-1-3-11-4-7/h1-5H,6H2,(H,12,14). The first-order valence-corrected chi connectivity index (χ1v) is 4.35. The molecule has 2 aromatic rings. The van der Waals surface area contributed by atoms with Crippen LogP contribution in [0.5, 0.6) is 0 Å². The van der Waals surface area contributed by atoms with Gasteiger partial charge < -0.3 is 0 Å². The first kappa shape index (κ1) is 9.23. The van der Waals surface area contributed by atoms with Gasteiger partial charge in [-0.1, -0.05) is 5.11 Å². The number of pyridine rings is 1. The van der Waals surface area contributed by atoms with Gasteiger partial charge in [-0.2, -0.15) is 5.10 Å². The maximum absolute atomic E-state index is 8.24. The normalized spacial score (nSPS) is 9.60. The molecular weight excluding hydrogens is 192 g/mol. The summed E-state index contributed by atoms with van der Waals surface area (Å²) >= 11 is 0. The van der Waals surface area contributed by atoms with Crippen molar-refractivity contribution in [1.82, 2.24) is 15.2 Å². The summed E-state index contributed by atoms with van der Waals surface area (Å²) in [5, 5.41) is 10.3. The number of hydrogen-bond donors (Lipinski definition) is 1. The molecule has 0 spiro atoms. The summed E-state index contributed by atoms with van der Waals surface area (Å²) in [4.78, 5) is 6.72. The van der Waals surface area contributed by atoms with E-state index in [4.69, 9.17) is 5.53 Å². The molecule has 0 aliphatic heterocycles.